The summed E-state index contributed by atoms with van der Waals surface area (Å²) in [6.45, 7) is 6.44. The third kappa shape index (κ3) is 7.74. The van der Waals surface area contributed by atoms with Crippen molar-refractivity contribution in [2.24, 2.45) is 0 Å². The van der Waals surface area contributed by atoms with Crippen molar-refractivity contribution < 1.29 is 14.0 Å². The van der Waals surface area contributed by atoms with Gasteiger partial charge in [0, 0.05) is 19.1 Å². The molecular weight excluding hydrogens is 297 g/mol. The zero-order chi connectivity index (χ0) is 17.6. The third-order valence-corrected chi connectivity index (χ3v) is 3.09. The van der Waals surface area contributed by atoms with E-state index < -0.39 is 0 Å². The predicted octanol–water partition coefficient (Wildman–Crippen LogP) is 1.63. The smallest absolute Gasteiger partial charge is 0.236 e. The van der Waals surface area contributed by atoms with Crippen LogP contribution in [-0.2, 0) is 16.1 Å². The van der Waals surface area contributed by atoms with Crippen molar-refractivity contribution in [1.29, 1.82) is 0 Å². The molecule has 0 atom stereocenters. The molecule has 0 fully saturated rings. The SMILES string of the molecule is CN(CC(=O)NC(C)(C)C)CC(=O)N(C)Cc1ccc(F)cc1. The lowest BCUT2D eigenvalue weighted by Crippen LogP contribution is -2.46. The number of benzene rings is 1. The number of nitrogens with one attached hydrogen (secondary N) is 1. The van der Waals surface area contributed by atoms with Crippen molar-refractivity contribution >= 4 is 11.8 Å². The summed E-state index contributed by atoms with van der Waals surface area (Å²) < 4.78 is 12.9. The number of carbonyl (C=O) groups is 2. The molecule has 1 N–H and O–H groups in total. The number of hydrogen-bond acceptors (Lipinski definition) is 3. The van der Waals surface area contributed by atoms with Crippen molar-refractivity contribution in [2.45, 2.75) is 32.9 Å². The third-order valence-electron chi connectivity index (χ3n) is 3.09. The summed E-state index contributed by atoms with van der Waals surface area (Å²) >= 11 is 0. The monoisotopic (exact) mass is 323 g/mol. The molecule has 0 bridgehead atoms. The first-order chi connectivity index (χ1) is 10.6. The van der Waals surface area contributed by atoms with E-state index in [2.05, 4.69) is 5.32 Å². The average molecular weight is 323 g/mol. The van der Waals surface area contributed by atoms with Gasteiger partial charge in [-0.1, -0.05) is 12.1 Å². The first-order valence-electron chi connectivity index (χ1n) is 7.55. The molecule has 23 heavy (non-hydrogen) atoms. The molecule has 2 amide bonds. The second-order valence-corrected chi connectivity index (χ2v) is 6.85. The molecule has 0 heterocycles. The summed E-state index contributed by atoms with van der Waals surface area (Å²) in [6.07, 6.45) is 0. The van der Waals surface area contributed by atoms with E-state index in [4.69, 9.17) is 0 Å². The molecule has 0 unspecified atom stereocenters. The molecule has 0 aliphatic rings. The van der Waals surface area contributed by atoms with Gasteiger partial charge in [-0.2, -0.15) is 0 Å². The van der Waals surface area contributed by atoms with Gasteiger partial charge in [-0.05, 0) is 45.5 Å². The van der Waals surface area contributed by atoms with E-state index in [1.54, 1.807) is 36.0 Å². The minimum Gasteiger partial charge on any atom is -0.350 e. The van der Waals surface area contributed by atoms with E-state index in [1.165, 1.54) is 12.1 Å². The molecule has 0 aromatic heterocycles. The molecule has 1 aromatic carbocycles. The van der Waals surface area contributed by atoms with Crippen molar-refractivity contribution in [3.63, 3.8) is 0 Å². The maximum atomic E-state index is 12.9. The first-order valence-corrected chi connectivity index (χ1v) is 7.55. The van der Waals surface area contributed by atoms with Gasteiger partial charge in [-0.15, -0.1) is 0 Å². The van der Waals surface area contributed by atoms with Gasteiger partial charge in [-0.25, -0.2) is 4.39 Å². The number of hydrogen-bond donors (Lipinski definition) is 1. The molecule has 0 aliphatic carbocycles. The Labute approximate surface area is 137 Å². The number of likely N-dealkylation sites (N-methyl/N-ethyl adjacent to an activating group) is 2. The topological polar surface area (TPSA) is 52.7 Å². The van der Waals surface area contributed by atoms with Gasteiger partial charge in [0.25, 0.3) is 0 Å². The van der Waals surface area contributed by atoms with Crippen LogP contribution in [0.15, 0.2) is 24.3 Å². The lowest BCUT2D eigenvalue weighted by molar-refractivity contribution is -0.132. The Morgan fingerprint density at radius 3 is 2.17 bits per heavy atom. The highest BCUT2D eigenvalue weighted by Crippen LogP contribution is 2.06. The van der Waals surface area contributed by atoms with E-state index in [9.17, 15) is 14.0 Å². The standard InChI is InChI=1S/C17H26FN3O2/c1-17(2,3)19-15(22)11-20(4)12-16(23)21(5)10-13-6-8-14(18)9-7-13/h6-9H,10-12H2,1-5H3,(H,19,22). The Hall–Kier alpha value is -1.95. The van der Waals surface area contributed by atoms with Gasteiger partial charge in [0.05, 0.1) is 13.1 Å². The summed E-state index contributed by atoms with van der Waals surface area (Å²) in [6, 6.07) is 6.05. The minimum absolute atomic E-state index is 0.0969. The molecule has 0 spiro atoms. The van der Waals surface area contributed by atoms with Crippen LogP contribution in [0.1, 0.15) is 26.3 Å². The van der Waals surface area contributed by atoms with Crippen LogP contribution in [0.25, 0.3) is 0 Å². The average Bonchev–Trinajstić information content (AvgIpc) is 2.38. The highest BCUT2D eigenvalue weighted by molar-refractivity contribution is 5.81. The van der Waals surface area contributed by atoms with E-state index >= 15 is 0 Å². The first kappa shape index (κ1) is 19.1. The minimum atomic E-state index is -0.299. The Bertz CT molecular complexity index is 538. The maximum absolute atomic E-state index is 12.9. The van der Waals surface area contributed by atoms with Gasteiger partial charge in [0.1, 0.15) is 5.82 Å². The molecule has 0 saturated carbocycles. The predicted molar refractivity (Wildman–Crippen MR) is 88.3 cm³/mol. The van der Waals surface area contributed by atoms with E-state index in [-0.39, 0.29) is 36.3 Å². The van der Waals surface area contributed by atoms with Gasteiger partial charge in [-0.3, -0.25) is 14.5 Å². The highest BCUT2D eigenvalue weighted by Gasteiger charge is 2.17. The van der Waals surface area contributed by atoms with Crippen LogP contribution < -0.4 is 5.32 Å². The molecule has 0 aliphatic heterocycles. The Morgan fingerprint density at radius 2 is 1.65 bits per heavy atom. The van der Waals surface area contributed by atoms with Crippen molar-refractivity contribution in [3.05, 3.63) is 35.6 Å². The summed E-state index contributed by atoms with van der Waals surface area (Å²) in [5.41, 5.74) is 0.566. The molecule has 128 valence electrons. The fourth-order valence-electron chi connectivity index (χ4n) is 2.06. The Morgan fingerprint density at radius 1 is 1.09 bits per heavy atom. The van der Waals surface area contributed by atoms with Crippen LogP contribution in [0.2, 0.25) is 0 Å². The van der Waals surface area contributed by atoms with Crippen molar-refractivity contribution in [1.82, 2.24) is 15.1 Å². The second kappa shape index (κ2) is 8.06. The molecule has 0 saturated heterocycles. The highest BCUT2D eigenvalue weighted by atomic mass is 19.1. The summed E-state index contributed by atoms with van der Waals surface area (Å²) in [7, 11) is 3.42. The number of nitrogens with zero attached hydrogens (tertiary/aromatic N) is 2. The van der Waals surface area contributed by atoms with E-state index in [0.29, 0.717) is 6.54 Å². The molecular formula is C17H26FN3O2. The Balaban J connectivity index is 2.44. The summed E-state index contributed by atoms with van der Waals surface area (Å²) in [4.78, 5) is 27.2. The molecule has 5 nitrogen and oxygen atoms in total. The molecule has 1 rings (SSSR count). The van der Waals surface area contributed by atoms with Crippen LogP contribution >= 0.6 is 0 Å². The second-order valence-electron chi connectivity index (χ2n) is 6.85. The number of rotatable bonds is 6. The van der Waals surface area contributed by atoms with Crippen LogP contribution in [0.5, 0.6) is 0 Å². The van der Waals surface area contributed by atoms with Gasteiger partial charge in [0.2, 0.25) is 11.8 Å². The lowest BCUT2D eigenvalue weighted by atomic mass is 10.1. The zero-order valence-corrected chi connectivity index (χ0v) is 14.5. The van der Waals surface area contributed by atoms with E-state index in [0.717, 1.165) is 5.56 Å². The maximum Gasteiger partial charge on any atom is 0.236 e. The molecule has 6 heteroatoms. The summed E-state index contributed by atoms with van der Waals surface area (Å²) in [5, 5.41) is 2.86. The summed E-state index contributed by atoms with van der Waals surface area (Å²) in [5.74, 6) is -0.512. The lowest BCUT2D eigenvalue weighted by Gasteiger charge is -2.24. The van der Waals surface area contributed by atoms with Crippen LogP contribution in [0.3, 0.4) is 0 Å². The van der Waals surface area contributed by atoms with E-state index in [1.807, 2.05) is 20.8 Å². The molecule has 0 radical (unpaired) electrons. The number of carbonyl (C=O) groups excluding carboxylic acids is 2. The molecule has 1 aromatic rings. The largest absolute Gasteiger partial charge is 0.350 e. The van der Waals surface area contributed by atoms with Crippen LogP contribution in [0, 0.1) is 5.82 Å². The van der Waals surface area contributed by atoms with Gasteiger partial charge < -0.3 is 10.2 Å². The normalized spacial score (nSPS) is 11.4. The van der Waals surface area contributed by atoms with Gasteiger partial charge >= 0.3 is 0 Å². The quantitative estimate of drug-likeness (QED) is 0.866. The van der Waals surface area contributed by atoms with Crippen molar-refractivity contribution in [2.75, 3.05) is 27.2 Å². The number of amides is 2. The fourth-order valence-corrected chi connectivity index (χ4v) is 2.06. The zero-order valence-electron chi connectivity index (χ0n) is 14.5. The fraction of sp³-hybridized carbons (Fsp3) is 0.529. The van der Waals surface area contributed by atoms with Crippen LogP contribution in [-0.4, -0.2) is 54.3 Å². The van der Waals surface area contributed by atoms with Crippen LogP contribution in [0.4, 0.5) is 4.39 Å². The van der Waals surface area contributed by atoms with Crippen molar-refractivity contribution in [3.8, 4) is 0 Å². The Kier molecular flexibility index (Phi) is 6.69. The van der Waals surface area contributed by atoms with Gasteiger partial charge in [0.15, 0.2) is 0 Å². The number of halogens is 1.